The molecule has 0 amide bonds. The van der Waals surface area contributed by atoms with Crippen LogP contribution in [0.5, 0.6) is 0 Å². The number of ketones is 2. The van der Waals surface area contributed by atoms with Gasteiger partial charge in [-0.25, -0.2) is 4.79 Å². The van der Waals surface area contributed by atoms with Crippen molar-refractivity contribution in [3.63, 3.8) is 0 Å². The average molecular weight is 545 g/mol. The average Bonchev–Trinajstić information content (AvgIpc) is 3.18. The van der Waals surface area contributed by atoms with Gasteiger partial charge in [-0.15, -0.1) is 0 Å². The summed E-state index contributed by atoms with van der Waals surface area (Å²) in [6.45, 7) is 9.54. The molecule has 0 aromatic rings. The van der Waals surface area contributed by atoms with Crippen molar-refractivity contribution in [2.45, 2.75) is 97.7 Å². The normalized spacial score (nSPS) is 37.6. The molecule has 0 saturated heterocycles. The minimum Gasteiger partial charge on any atom is -0.457 e. The Balaban J connectivity index is 1.66. The van der Waals surface area contributed by atoms with Crippen LogP contribution in [0.1, 0.15) is 86.0 Å². The number of aliphatic hydroxyl groups is 1. The first-order valence-electron chi connectivity index (χ1n) is 14.6. The van der Waals surface area contributed by atoms with E-state index in [-0.39, 0.29) is 55.3 Å². The Morgan fingerprint density at radius 1 is 1.15 bits per heavy atom. The smallest absolute Gasteiger partial charge is 0.457 e. The predicted octanol–water partition coefficient (Wildman–Crippen LogP) is 5.12. The minimum atomic E-state index is -1.57. The van der Waals surface area contributed by atoms with Crippen LogP contribution in [0.2, 0.25) is 0 Å². The number of allylic oxidation sites excluding steroid dienone is 4. The van der Waals surface area contributed by atoms with Crippen LogP contribution in [-0.2, 0) is 28.6 Å². The molecule has 0 bridgehead atoms. The number of hydrogen-bond acceptors (Lipinski definition) is 8. The third kappa shape index (κ3) is 5.09. The lowest BCUT2D eigenvalue weighted by atomic mass is 9.46. The fourth-order valence-corrected chi connectivity index (χ4v) is 8.04. The first-order valence-corrected chi connectivity index (χ1v) is 14.6. The van der Waals surface area contributed by atoms with Crippen molar-refractivity contribution in [3.05, 3.63) is 23.8 Å². The van der Waals surface area contributed by atoms with Crippen LogP contribution in [0.3, 0.4) is 0 Å². The van der Waals surface area contributed by atoms with Crippen LogP contribution in [-0.4, -0.2) is 53.7 Å². The van der Waals surface area contributed by atoms with Crippen molar-refractivity contribution in [2.75, 3.05) is 13.2 Å². The molecule has 1 N–H and O–H groups in total. The zero-order valence-electron chi connectivity index (χ0n) is 24.0. The van der Waals surface area contributed by atoms with Crippen molar-refractivity contribution in [3.8, 4) is 0 Å². The van der Waals surface area contributed by atoms with Gasteiger partial charge in [0.1, 0.15) is 0 Å². The second-order valence-corrected chi connectivity index (χ2v) is 12.6. The van der Waals surface area contributed by atoms with Crippen LogP contribution in [0.25, 0.3) is 0 Å². The number of carbonyl (C=O) groups excluding carboxylic acids is 4. The lowest BCUT2D eigenvalue weighted by Gasteiger charge is -2.59. The molecule has 4 rings (SSSR count). The van der Waals surface area contributed by atoms with E-state index in [0.29, 0.717) is 12.8 Å². The zero-order chi connectivity index (χ0) is 28.6. The second-order valence-electron chi connectivity index (χ2n) is 12.6. The summed E-state index contributed by atoms with van der Waals surface area (Å²) < 4.78 is 16.7. The molecule has 3 saturated carbocycles. The van der Waals surface area contributed by atoms with E-state index in [1.165, 1.54) is 0 Å². The number of esters is 1. The number of ether oxygens (including phenoxy) is 3. The molecular formula is C31H44O8. The van der Waals surface area contributed by atoms with E-state index in [4.69, 9.17) is 14.2 Å². The third-order valence-electron chi connectivity index (χ3n) is 10.3. The molecule has 8 heteroatoms. The quantitative estimate of drug-likeness (QED) is 0.398. The summed E-state index contributed by atoms with van der Waals surface area (Å²) >= 11 is 0. The first kappa shape index (κ1) is 29.5. The van der Waals surface area contributed by atoms with E-state index in [2.05, 4.69) is 6.92 Å². The maximum absolute atomic E-state index is 13.9. The van der Waals surface area contributed by atoms with Gasteiger partial charge in [-0.3, -0.25) is 14.4 Å². The Hall–Kier alpha value is -2.48. The van der Waals surface area contributed by atoms with Crippen molar-refractivity contribution in [1.82, 2.24) is 0 Å². The Bertz CT molecular complexity index is 1060. The highest BCUT2D eigenvalue weighted by atomic mass is 16.7. The molecular weight excluding hydrogens is 500 g/mol. The highest BCUT2D eigenvalue weighted by Gasteiger charge is 2.70. The summed E-state index contributed by atoms with van der Waals surface area (Å²) in [6, 6.07) is 0. The number of fused-ring (bicyclic) bond motifs is 5. The maximum atomic E-state index is 13.9. The lowest BCUT2D eigenvalue weighted by molar-refractivity contribution is -0.186. The fraction of sp³-hybridized carbons (Fsp3) is 0.742. The van der Waals surface area contributed by atoms with E-state index < -0.39 is 47.0 Å². The molecule has 8 atom stereocenters. The highest BCUT2D eigenvalue weighted by Crippen LogP contribution is 2.68. The lowest BCUT2D eigenvalue weighted by Crippen LogP contribution is -2.63. The summed E-state index contributed by atoms with van der Waals surface area (Å²) in [7, 11) is 0. The summed E-state index contributed by atoms with van der Waals surface area (Å²) in [4.78, 5) is 51.1. The maximum Gasteiger partial charge on any atom is 0.509 e. The van der Waals surface area contributed by atoms with E-state index in [9.17, 15) is 24.3 Å². The standard InChI is InChI=1S/C31H44O8/c1-6-8-26(35)37-18-25(34)31(39-28(36)38-17-19(3)7-2)14-12-23-22-10-9-20-15-21(32)11-13-29(20,4)27(22)24(33)16-30(23,31)5/h11,13,15,19,22-24,27,33H,6-10,12,14,16-18H2,1-5H3/t19?,22-,23-,24?,27+,29-,30-,31-/m0/s1. The van der Waals surface area contributed by atoms with Gasteiger partial charge in [0.25, 0.3) is 0 Å². The molecule has 0 aromatic carbocycles. The van der Waals surface area contributed by atoms with Gasteiger partial charge < -0.3 is 19.3 Å². The van der Waals surface area contributed by atoms with Crippen molar-refractivity contribution < 1.29 is 38.5 Å². The highest BCUT2D eigenvalue weighted by molar-refractivity contribution is 6.01. The summed E-state index contributed by atoms with van der Waals surface area (Å²) in [5.74, 6) is -0.877. The van der Waals surface area contributed by atoms with E-state index in [1.807, 2.05) is 33.8 Å². The molecule has 4 aliphatic carbocycles. The van der Waals surface area contributed by atoms with Crippen LogP contribution in [0.4, 0.5) is 4.79 Å². The molecule has 216 valence electrons. The van der Waals surface area contributed by atoms with Crippen LogP contribution in [0, 0.1) is 34.5 Å². The molecule has 0 heterocycles. The van der Waals surface area contributed by atoms with Crippen molar-refractivity contribution in [1.29, 1.82) is 0 Å². The van der Waals surface area contributed by atoms with Gasteiger partial charge in [-0.05, 0) is 68.4 Å². The fourth-order valence-electron chi connectivity index (χ4n) is 8.04. The van der Waals surface area contributed by atoms with Gasteiger partial charge in [0, 0.05) is 23.2 Å². The molecule has 0 radical (unpaired) electrons. The molecule has 0 spiro atoms. The van der Waals surface area contributed by atoms with Gasteiger partial charge in [-0.1, -0.05) is 52.7 Å². The molecule has 3 fully saturated rings. The number of aliphatic hydroxyl groups excluding tert-OH is 1. The van der Waals surface area contributed by atoms with E-state index >= 15 is 0 Å². The van der Waals surface area contributed by atoms with Crippen LogP contribution < -0.4 is 0 Å². The SMILES string of the molecule is CCCC(=O)OCC(=O)[C@@]1(OC(=O)OCC(C)CC)CC[C@H]2[C@@H]3CCC4=CC(=O)C=C[C@]4(C)[C@H]3C(O)C[C@@]21C. The number of Topliss-reactive ketones (excluding diaryl/α,β-unsaturated/α-hetero) is 1. The van der Waals surface area contributed by atoms with Crippen LogP contribution in [0.15, 0.2) is 23.8 Å². The molecule has 8 nitrogen and oxygen atoms in total. The molecule has 4 aliphatic rings. The molecule has 0 aliphatic heterocycles. The molecule has 0 aromatic heterocycles. The minimum absolute atomic E-state index is 0.00652. The monoisotopic (exact) mass is 544 g/mol. The van der Waals surface area contributed by atoms with E-state index in [1.54, 1.807) is 12.2 Å². The summed E-state index contributed by atoms with van der Waals surface area (Å²) in [5, 5.41) is 11.7. The molecule has 2 unspecified atom stereocenters. The Morgan fingerprint density at radius 3 is 2.59 bits per heavy atom. The zero-order valence-corrected chi connectivity index (χ0v) is 24.0. The molecule has 39 heavy (non-hydrogen) atoms. The number of rotatable bonds is 9. The Morgan fingerprint density at radius 2 is 1.90 bits per heavy atom. The Labute approximate surface area is 231 Å². The van der Waals surface area contributed by atoms with Gasteiger partial charge in [0.05, 0.1) is 12.7 Å². The third-order valence-corrected chi connectivity index (χ3v) is 10.3. The summed E-state index contributed by atoms with van der Waals surface area (Å²) in [5.41, 5.74) is -1.84. The van der Waals surface area contributed by atoms with Crippen molar-refractivity contribution in [2.24, 2.45) is 34.5 Å². The first-order chi connectivity index (χ1) is 18.4. The number of carbonyl (C=O) groups is 4. The van der Waals surface area contributed by atoms with Gasteiger partial charge in [-0.2, -0.15) is 0 Å². The van der Waals surface area contributed by atoms with Gasteiger partial charge in [0.15, 0.2) is 18.0 Å². The predicted molar refractivity (Wildman–Crippen MR) is 143 cm³/mol. The Kier molecular flexibility index (Phi) is 8.46. The van der Waals surface area contributed by atoms with Gasteiger partial charge in [0.2, 0.25) is 5.78 Å². The largest absolute Gasteiger partial charge is 0.509 e. The van der Waals surface area contributed by atoms with Crippen molar-refractivity contribution >= 4 is 23.7 Å². The van der Waals surface area contributed by atoms with Crippen LogP contribution >= 0.6 is 0 Å². The summed E-state index contributed by atoms with van der Waals surface area (Å²) in [6.07, 6.45) is 7.85. The van der Waals surface area contributed by atoms with Gasteiger partial charge >= 0.3 is 12.1 Å². The second kappa shape index (κ2) is 11.2. The topological polar surface area (TPSA) is 116 Å². The number of hydrogen-bond donors (Lipinski definition) is 1. The van der Waals surface area contributed by atoms with E-state index in [0.717, 1.165) is 24.8 Å².